The van der Waals surface area contributed by atoms with Gasteiger partial charge in [0.25, 0.3) is 0 Å². The zero-order chi connectivity index (χ0) is 10.2. The van der Waals surface area contributed by atoms with Crippen LogP contribution in [0.15, 0.2) is 4.99 Å². The normalized spacial score (nSPS) is 14.7. The highest BCUT2D eigenvalue weighted by molar-refractivity contribution is 5.81. The molecule has 1 aliphatic rings. The van der Waals surface area contributed by atoms with Gasteiger partial charge in [-0.3, -0.25) is 9.79 Å². The molecule has 14 heavy (non-hydrogen) atoms. The van der Waals surface area contributed by atoms with E-state index in [2.05, 4.69) is 15.6 Å². The molecule has 0 fully saturated rings. The van der Waals surface area contributed by atoms with Crippen LogP contribution in [0.25, 0.3) is 0 Å². The molecule has 1 heterocycles. The Morgan fingerprint density at radius 2 is 2.36 bits per heavy atom. The topological polar surface area (TPSA) is 73.7 Å². The van der Waals surface area contributed by atoms with Crippen molar-refractivity contribution in [3.05, 3.63) is 0 Å². The van der Waals surface area contributed by atoms with Crippen LogP contribution in [0, 0.1) is 0 Å². The molecule has 5 heteroatoms. The molecular formula is C9H17N3O2. The van der Waals surface area contributed by atoms with Crippen LogP contribution >= 0.6 is 0 Å². The number of rotatable bonds is 6. The number of carbonyl (C=O) groups is 1. The summed E-state index contributed by atoms with van der Waals surface area (Å²) in [6.07, 6.45) is 2.98. The van der Waals surface area contributed by atoms with Gasteiger partial charge in [0, 0.05) is 19.5 Å². The van der Waals surface area contributed by atoms with E-state index >= 15 is 0 Å². The maximum Gasteiger partial charge on any atom is 0.303 e. The molecule has 1 aliphatic heterocycles. The third-order valence-electron chi connectivity index (χ3n) is 2.03. The second-order valence-electron chi connectivity index (χ2n) is 3.29. The van der Waals surface area contributed by atoms with Crippen LogP contribution in [-0.4, -0.2) is 36.7 Å². The Labute approximate surface area is 83.6 Å². The Hall–Kier alpha value is -1.26. The highest BCUT2D eigenvalue weighted by Gasteiger charge is 2.02. The van der Waals surface area contributed by atoms with Crippen LogP contribution in [0.2, 0.25) is 0 Å². The molecule has 0 bridgehead atoms. The van der Waals surface area contributed by atoms with Crippen molar-refractivity contribution in [3.8, 4) is 0 Å². The fraction of sp³-hybridized carbons (Fsp3) is 0.778. The van der Waals surface area contributed by atoms with Crippen LogP contribution in [0.4, 0.5) is 0 Å². The standard InChI is InChI=1S/C9H17N3O2/c13-8(14)4-2-1-3-5-10-9-11-6-7-12-9/h1-7H2,(H,13,14)(H2,10,11,12). The number of hydrogen-bond donors (Lipinski definition) is 3. The molecule has 5 nitrogen and oxygen atoms in total. The van der Waals surface area contributed by atoms with Crippen molar-refractivity contribution < 1.29 is 9.90 Å². The van der Waals surface area contributed by atoms with Gasteiger partial charge in [0.2, 0.25) is 0 Å². The summed E-state index contributed by atoms with van der Waals surface area (Å²) in [7, 11) is 0. The van der Waals surface area contributed by atoms with E-state index in [1.807, 2.05) is 0 Å². The first-order valence-corrected chi connectivity index (χ1v) is 5.03. The molecule has 0 saturated carbocycles. The molecule has 0 aromatic carbocycles. The lowest BCUT2D eigenvalue weighted by molar-refractivity contribution is -0.137. The number of carboxylic acids is 1. The molecule has 3 N–H and O–H groups in total. The minimum Gasteiger partial charge on any atom is -0.481 e. The summed E-state index contributed by atoms with van der Waals surface area (Å²) in [6, 6.07) is 0. The van der Waals surface area contributed by atoms with Gasteiger partial charge in [-0.1, -0.05) is 6.42 Å². The SMILES string of the molecule is O=C(O)CCCCCNC1=NCCN1. The average Bonchev–Trinajstić information content (AvgIpc) is 2.63. The number of hydrogen-bond acceptors (Lipinski definition) is 4. The summed E-state index contributed by atoms with van der Waals surface area (Å²) in [5.74, 6) is 0.169. The first-order chi connectivity index (χ1) is 6.79. The van der Waals surface area contributed by atoms with Gasteiger partial charge in [-0.15, -0.1) is 0 Å². The predicted octanol–water partition coefficient (Wildman–Crippen LogP) is 0.180. The number of carboxylic acid groups (broad SMARTS) is 1. The number of aliphatic imine (C=N–C) groups is 1. The maximum absolute atomic E-state index is 10.2. The molecule has 0 saturated heterocycles. The Morgan fingerprint density at radius 1 is 1.50 bits per heavy atom. The Kier molecular flexibility index (Phi) is 4.82. The second-order valence-corrected chi connectivity index (χ2v) is 3.29. The average molecular weight is 199 g/mol. The van der Waals surface area contributed by atoms with E-state index in [-0.39, 0.29) is 6.42 Å². The predicted molar refractivity (Wildman–Crippen MR) is 54.4 cm³/mol. The van der Waals surface area contributed by atoms with E-state index in [0.29, 0.717) is 0 Å². The van der Waals surface area contributed by atoms with Crippen LogP contribution in [0.5, 0.6) is 0 Å². The first-order valence-electron chi connectivity index (χ1n) is 5.03. The maximum atomic E-state index is 10.2. The summed E-state index contributed by atoms with van der Waals surface area (Å²) < 4.78 is 0. The molecule has 0 aromatic heterocycles. The van der Waals surface area contributed by atoms with Crippen molar-refractivity contribution >= 4 is 11.9 Å². The number of unbranched alkanes of at least 4 members (excludes halogenated alkanes) is 2. The van der Waals surface area contributed by atoms with Gasteiger partial charge in [0.15, 0.2) is 5.96 Å². The summed E-state index contributed by atoms with van der Waals surface area (Å²) in [4.78, 5) is 14.4. The number of nitrogens with zero attached hydrogens (tertiary/aromatic N) is 1. The summed E-state index contributed by atoms with van der Waals surface area (Å²) in [5.41, 5.74) is 0. The van der Waals surface area contributed by atoms with Gasteiger partial charge in [0.1, 0.15) is 0 Å². The van der Waals surface area contributed by atoms with Crippen LogP contribution < -0.4 is 10.6 Å². The van der Waals surface area contributed by atoms with Crippen molar-refractivity contribution in [2.45, 2.75) is 25.7 Å². The second kappa shape index (κ2) is 6.23. The summed E-state index contributed by atoms with van der Waals surface area (Å²) in [6.45, 7) is 2.63. The lowest BCUT2D eigenvalue weighted by Crippen LogP contribution is -2.34. The van der Waals surface area contributed by atoms with Crippen LogP contribution in [0.1, 0.15) is 25.7 Å². The molecule has 0 atom stereocenters. The van der Waals surface area contributed by atoms with Gasteiger partial charge < -0.3 is 15.7 Å². The van der Waals surface area contributed by atoms with Crippen molar-refractivity contribution in [2.24, 2.45) is 4.99 Å². The van der Waals surface area contributed by atoms with E-state index in [1.165, 1.54) is 0 Å². The fourth-order valence-electron chi connectivity index (χ4n) is 1.30. The minimum absolute atomic E-state index is 0.277. The summed E-state index contributed by atoms with van der Waals surface area (Å²) >= 11 is 0. The molecular weight excluding hydrogens is 182 g/mol. The molecule has 0 radical (unpaired) electrons. The first kappa shape index (κ1) is 10.8. The van der Waals surface area contributed by atoms with E-state index < -0.39 is 5.97 Å². The smallest absolute Gasteiger partial charge is 0.303 e. The molecule has 0 spiro atoms. The van der Waals surface area contributed by atoms with Gasteiger partial charge in [-0.25, -0.2) is 0 Å². The zero-order valence-electron chi connectivity index (χ0n) is 8.25. The minimum atomic E-state index is -0.709. The lowest BCUT2D eigenvalue weighted by Gasteiger charge is -2.05. The summed E-state index contributed by atoms with van der Waals surface area (Å²) in [5, 5.41) is 14.7. The lowest BCUT2D eigenvalue weighted by atomic mass is 10.2. The molecule has 0 unspecified atom stereocenters. The third kappa shape index (κ3) is 4.69. The van der Waals surface area contributed by atoms with Gasteiger partial charge >= 0.3 is 5.97 Å². The van der Waals surface area contributed by atoms with E-state index in [1.54, 1.807) is 0 Å². The number of aliphatic carboxylic acids is 1. The molecule has 0 amide bonds. The van der Waals surface area contributed by atoms with Crippen molar-refractivity contribution in [1.29, 1.82) is 0 Å². The molecule has 0 aliphatic carbocycles. The van der Waals surface area contributed by atoms with E-state index in [0.717, 1.165) is 44.9 Å². The van der Waals surface area contributed by atoms with Crippen molar-refractivity contribution in [3.63, 3.8) is 0 Å². The molecule has 80 valence electrons. The zero-order valence-corrected chi connectivity index (χ0v) is 8.25. The number of nitrogens with one attached hydrogen (secondary N) is 2. The fourth-order valence-corrected chi connectivity index (χ4v) is 1.30. The van der Waals surface area contributed by atoms with Gasteiger partial charge in [-0.2, -0.15) is 0 Å². The van der Waals surface area contributed by atoms with E-state index in [9.17, 15) is 4.79 Å². The van der Waals surface area contributed by atoms with E-state index in [4.69, 9.17) is 5.11 Å². The van der Waals surface area contributed by atoms with Crippen molar-refractivity contribution in [2.75, 3.05) is 19.6 Å². The molecule has 1 rings (SSSR count). The third-order valence-corrected chi connectivity index (χ3v) is 2.03. The Bertz CT molecular complexity index is 216. The highest BCUT2D eigenvalue weighted by atomic mass is 16.4. The highest BCUT2D eigenvalue weighted by Crippen LogP contribution is 1.98. The monoisotopic (exact) mass is 199 g/mol. The van der Waals surface area contributed by atoms with Gasteiger partial charge in [0.05, 0.1) is 6.54 Å². The Morgan fingerprint density at radius 3 is 3.00 bits per heavy atom. The quantitative estimate of drug-likeness (QED) is 0.533. The van der Waals surface area contributed by atoms with Crippen molar-refractivity contribution in [1.82, 2.24) is 10.6 Å². The Balaban J connectivity index is 1.86. The van der Waals surface area contributed by atoms with Crippen LogP contribution in [0.3, 0.4) is 0 Å². The van der Waals surface area contributed by atoms with Crippen LogP contribution in [-0.2, 0) is 4.79 Å². The molecule has 0 aromatic rings. The number of guanidine groups is 1. The van der Waals surface area contributed by atoms with Gasteiger partial charge in [-0.05, 0) is 12.8 Å². The largest absolute Gasteiger partial charge is 0.481 e.